The van der Waals surface area contributed by atoms with Crippen molar-refractivity contribution in [1.29, 1.82) is 5.26 Å². The highest BCUT2D eigenvalue weighted by Crippen LogP contribution is 2.17. The van der Waals surface area contributed by atoms with Crippen molar-refractivity contribution in [3.63, 3.8) is 0 Å². The standard InChI is InChI=1S/C29H25N3O2S/c1-19(2)22-13-15-23(16-14-22)31-27(33)25(18-30)29-32(24-7-5-4-6-8-24)28(34)26(35-29)17-21-11-9-20(3)10-12-21/h4-17,19H,1-3H3,(H,31,33)/b26-17+,29-25+. The van der Waals surface area contributed by atoms with Gasteiger partial charge in [-0.25, -0.2) is 0 Å². The summed E-state index contributed by atoms with van der Waals surface area (Å²) < 4.78 is 2.16. The van der Waals surface area contributed by atoms with Gasteiger partial charge in [0.05, 0.1) is 10.2 Å². The number of benzene rings is 3. The number of thiazole rings is 1. The van der Waals surface area contributed by atoms with E-state index in [0.29, 0.717) is 26.5 Å². The van der Waals surface area contributed by atoms with Crippen LogP contribution < -0.4 is 20.1 Å². The molecular weight excluding hydrogens is 454 g/mol. The Labute approximate surface area is 207 Å². The number of amides is 1. The van der Waals surface area contributed by atoms with Crippen LogP contribution in [0.25, 0.3) is 17.3 Å². The van der Waals surface area contributed by atoms with Crippen molar-refractivity contribution >= 4 is 34.6 Å². The van der Waals surface area contributed by atoms with E-state index in [2.05, 4.69) is 19.2 Å². The van der Waals surface area contributed by atoms with Crippen molar-refractivity contribution in [2.24, 2.45) is 0 Å². The van der Waals surface area contributed by atoms with E-state index in [4.69, 9.17) is 0 Å². The van der Waals surface area contributed by atoms with Gasteiger partial charge in [0.2, 0.25) is 0 Å². The lowest BCUT2D eigenvalue weighted by molar-refractivity contribution is -0.111. The van der Waals surface area contributed by atoms with Gasteiger partial charge in [0.1, 0.15) is 10.7 Å². The number of nitrogens with one attached hydrogen (secondary N) is 1. The van der Waals surface area contributed by atoms with E-state index in [-0.39, 0.29) is 11.1 Å². The highest BCUT2D eigenvalue weighted by molar-refractivity contribution is 7.07. The summed E-state index contributed by atoms with van der Waals surface area (Å²) >= 11 is 1.13. The summed E-state index contributed by atoms with van der Waals surface area (Å²) in [6, 6.07) is 26.4. The van der Waals surface area contributed by atoms with E-state index < -0.39 is 5.91 Å². The third-order valence-electron chi connectivity index (χ3n) is 5.60. The fourth-order valence-electron chi connectivity index (χ4n) is 3.62. The highest BCUT2D eigenvalue weighted by Gasteiger charge is 2.17. The summed E-state index contributed by atoms with van der Waals surface area (Å²) in [5, 5.41) is 12.8. The lowest BCUT2D eigenvalue weighted by Crippen LogP contribution is -2.32. The molecule has 0 radical (unpaired) electrons. The average Bonchev–Trinajstić information content (AvgIpc) is 3.17. The SMILES string of the molecule is Cc1ccc(/C=c2/s/c(=C(\C#N)C(=O)Nc3ccc(C(C)C)cc3)n(-c3ccccc3)c2=O)cc1. The summed E-state index contributed by atoms with van der Waals surface area (Å²) in [6.07, 6.45) is 1.78. The molecule has 6 heteroatoms. The zero-order chi connectivity index (χ0) is 24.9. The molecule has 0 aliphatic rings. The molecule has 0 aliphatic heterocycles. The topological polar surface area (TPSA) is 74.9 Å². The van der Waals surface area contributed by atoms with Crippen LogP contribution in [0.1, 0.15) is 36.5 Å². The Kier molecular flexibility index (Phi) is 7.09. The van der Waals surface area contributed by atoms with Crippen molar-refractivity contribution in [2.45, 2.75) is 26.7 Å². The van der Waals surface area contributed by atoms with E-state index in [1.54, 1.807) is 18.2 Å². The summed E-state index contributed by atoms with van der Waals surface area (Å²) in [4.78, 5) is 26.6. The maximum Gasteiger partial charge on any atom is 0.273 e. The first kappa shape index (κ1) is 23.9. The lowest BCUT2D eigenvalue weighted by atomic mass is 10.0. The molecule has 1 amide bonds. The number of anilines is 1. The van der Waals surface area contributed by atoms with E-state index in [1.165, 1.54) is 4.57 Å². The van der Waals surface area contributed by atoms with Crippen LogP contribution >= 0.6 is 11.3 Å². The second-order valence-electron chi connectivity index (χ2n) is 8.52. The maximum absolute atomic E-state index is 13.5. The van der Waals surface area contributed by atoms with Crippen LogP contribution in [0.2, 0.25) is 0 Å². The predicted octanol–water partition coefficient (Wildman–Crippen LogP) is 4.47. The number of hydrogen-bond acceptors (Lipinski definition) is 4. The zero-order valence-electron chi connectivity index (χ0n) is 19.8. The molecule has 4 aromatic rings. The molecule has 0 atom stereocenters. The number of hydrogen-bond donors (Lipinski definition) is 1. The minimum atomic E-state index is -0.558. The van der Waals surface area contributed by atoms with Crippen LogP contribution in [0.5, 0.6) is 0 Å². The van der Waals surface area contributed by atoms with E-state index in [1.807, 2.05) is 79.7 Å². The lowest BCUT2D eigenvalue weighted by Gasteiger charge is -2.08. The molecule has 0 aliphatic carbocycles. The maximum atomic E-state index is 13.5. The number of carbonyl (C=O) groups is 1. The molecule has 0 unspecified atom stereocenters. The predicted molar refractivity (Wildman–Crippen MR) is 142 cm³/mol. The summed E-state index contributed by atoms with van der Waals surface area (Å²) in [6.45, 7) is 6.19. The number of rotatable bonds is 5. The molecular formula is C29H25N3O2S. The number of carbonyl (C=O) groups excluding carboxylic acids is 1. The van der Waals surface area contributed by atoms with Gasteiger partial charge in [0.25, 0.3) is 11.5 Å². The van der Waals surface area contributed by atoms with Crippen LogP contribution in [0, 0.1) is 18.3 Å². The summed E-state index contributed by atoms with van der Waals surface area (Å²) in [7, 11) is 0. The monoisotopic (exact) mass is 479 g/mol. The van der Waals surface area contributed by atoms with Crippen LogP contribution in [0.3, 0.4) is 0 Å². The Bertz CT molecular complexity index is 1570. The molecule has 3 aromatic carbocycles. The third kappa shape index (κ3) is 5.32. The van der Waals surface area contributed by atoms with E-state index in [0.717, 1.165) is 28.0 Å². The van der Waals surface area contributed by atoms with Gasteiger partial charge in [-0.1, -0.05) is 74.0 Å². The first-order valence-corrected chi connectivity index (χ1v) is 12.1. The van der Waals surface area contributed by atoms with Gasteiger partial charge in [0.15, 0.2) is 5.57 Å². The Balaban J connectivity index is 1.87. The average molecular weight is 480 g/mol. The Hall–Kier alpha value is -4.21. The molecule has 0 saturated carbocycles. The minimum absolute atomic E-state index is 0.118. The number of nitrogens with zero attached hydrogens (tertiary/aromatic N) is 2. The molecule has 174 valence electrons. The summed E-state index contributed by atoms with van der Waals surface area (Å²) in [5.41, 5.74) is 3.92. The minimum Gasteiger partial charge on any atom is -0.321 e. The fraction of sp³-hybridized carbons (Fsp3) is 0.138. The van der Waals surface area contributed by atoms with Gasteiger partial charge in [-0.3, -0.25) is 14.2 Å². The highest BCUT2D eigenvalue weighted by atomic mass is 32.1. The molecule has 0 saturated heterocycles. The smallest absolute Gasteiger partial charge is 0.273 e. The Morgan fingerprint density at radius 3 is 2.26 bits per heavy atom. The summed E-state index contributed by atoms with van der Waals surface area (Å²) in [5.74, 6) is -0.187. The third-order valence-corrected chi connectivity index (χ3v) is 6.69. The van der Waals surface area contributed by atoms with Crippen molar-refractivity contribution in [3.8, 4) is 11.8 Å². The van der Waals surface area contributed by atoms with Gasteiger partial charge < -0.3 is 5.32 Å². The first-order chi connectivity index (χ1) is 16.9. The molecule has 5 nitrogen and oxygen atoms in total. The van der Waals surface area contributed by atoms with Crippen LogP contribution in [0.4, 0.5) is 5.69 Å². The normalized spacial score (nSPS) is 12.4. The molecule has 35 heavy (non-hydrogen) atoms. The quantitative estimate of drug-likeness (QED) is 0.459. The molecule has 0 bridgehead atoms. The largest absolute Gasteiger partial charge is 0.321 e. The van der Waals surface area contributed by atoms with Gasteiger partial charge in [-0.05, 0) is 54.3 Å². The van der Waals surface area contributed by atoms with Gasteiger partial charge in [-0.15, -0.1) is 11.3 Å². The number of para-hydroxylation sites is 1. The second kappa shape index (κ2) is 10.4. The number of aryl methyl sites for hydroxylation is 1. The van der Waals surface area contributed by atoms with Crippen LogP contribution in [0.15, 0.2) is 83.7 Å². The number of nitriles is 1. The van der Waals surface area contributed by atoms with Crippen molar-refractivity contribution in [3.05, 3.63) is 115 Å². The van der Waals surface area contributed by atoms with Gasteiger partial charge in [-0.2, -0.15) is 5.26 Å². The molecule has 1 aromatic heterocycles. The molecule has 0 fully saturated rings. The van der Waals surface area contributed by atoms with Crippen molar-refractivity contribution < 1.29 is 4.79 Å². The van der Waals surface area contributed by atoms with Crippen molar-refractivity contribution in [1.82, 2.24) is 4.57 Å². The zero-order valence-corrected chi connectivity index (χ0v) is 20.6. The van der Waals surface area contributed by atoms with Crippen LogP contribution in [-0.4, -0.2) is 10.5 Å². The Morgan fingerprint density at radius 1 is 1.00 bits per heavy atom. The van der Waals surface area contributed by atoms with Crippen LogP contribution in [-0.2, 0) is 4.79 Å². The van der Waals surface area contributed by atoms with Gasteiger partial charge in [0, 0.05) is 5.69 Å². The Morgan fingerprint density at radius 2 is 1.66 bits per heavy atom. The molecule has 0 spiro atoms. The van der Waals surface area contributed by atoms with Crippen molar-refractivity contribution in [2.75, 3.05) is 5.32 Å². The molecule has 4 rings (SSSR count). The number of aromatic nitrogens is 1. The molecule has 1 heterocycles. The van der Waals surface area contributed by atoms with Gasteiger partial charge >= 0.3 is 0 Å². The van der Waals surface area contributed by atoms with E-state index in [9.17, 15) is 14.9 Å². The first-order valence-electron chi connectivity index (χ1n) is 11.3. The fourth-order valence-corrected chi connectivity index (χ4v) is 4.72. The van der Waals surface area contributed by atoms with E-state index >= 15 is 0 Å². The molecule has 1 N–H and O–H groups in total. The second-order valence-corrected chi connectivity index (χ2v) is 9.55.